The van der Waals surface area contributed by atoms with Gasteiger partial charge in [0.2, 0.25) is 0 Å². The van der Waals surface area contributed by atoms with E-state index in [9.17, 15) is 10.2 Å². The highest BCUT2D eigenvalue weighted by Gasteiger charge is 2.37. The van der Waals surface area contributed by atoms with Gasteiger partial charge in [0.25, 0.3) is 0 Å². The third-order valence-electron chi connectivity index (χ3n) is 2.48. The summed E-state index contributed by atoms with van der Waals surface area (Å²) in [5, 5.41) is 22.5. The minimum Gasteiger partial charge on any atom is -0.390 e. The van der Waals surface area contributed by atoms with Crippen LogP contribution in [0, 0.1) is 5.92 Å². The largest absolute Gasteiger partial charge is 0.390 e. The van der Waals surface area contributed by atoms with Gasteiger partial charge in [-0.15, -0.1) is 0 Å². The van der Waals surface area contributed by atoms with Crippen LogP contribution in [0.25, 0.3) is 0 Å². The van der Waals surface area contributed by atoms with Crippen molar-refractivity contribution in [2.24, 2.45) is 5.92 Å². The van der Waals surface area contributed by atoms with Gasteiger partial charge >= 0.3 is 0 Å². The van der Waals surface area contributed by atoms with E-state index >= 15 is 0 Å². The van der Waals surface area contributed by atoms with Crippen LogP contribution in [0.4, 0.5) is 0 Å². The predicted molar refractivity (Wildman–Crippen MR) is 53.8 cm³/mol. The van der Waals surface area contributed by atoms with Gasteiger partial charge in [-0.2, -0.15) is 0 Å². The van der Waals surface area contributed by atoms with Gasteiger partial charge in [0.05, 0.1) is 18.8 Å². The predicted octanol–water partition coefficient (Wildman–Crippen LogP) is 0.0887. The molecule has 4 heteroatoms. The molecule has 0 unspecified atom stereocenters. The van der Waals surface area contributed by atoms with Gasteiger partial charge in [0.15, 0.2) is 0 Å². The summed E-state index contributed by atoms with van der Waals surface area (Å²) in [6, 6.07) is 0. The Morgan fingerprint density at radius 1 is 1.29 bits per heavy atom. The quantitative estimate of drug-likeness (QED) is 0.565. The van der Waals surface area contributed by atoms with E-state index in [1.807, 2.05) is 27.7 Å². The van der Waals surface area contributed by atoms with Crippen LogP contribution in [0.5, 0.6) is 0 Å². The first-order valence-electron chi connectivity index (χ1n) is 5.07. The summed E-state index contributed by atoms with van der Waals surface area (Å²) in [6.07, 6.45) is -1.60. The molecular formula is C10H21NO3. The zero-order chi connectivity index (χ0) is 10.9. The topological polar surface area (TPSA) is 61.7 Å². The molecule has 4 atom stereocenters. The Kier molecular flexibility index (Phi) is 3.53. The van der Waals surface area contributed by atoms with Crippen LogP contribution in [0.3, 0.4) is 0 Å². The molecule has 0 spiro atoms. The zero-order valence-electron chi connectivity index (χ0n) is 9.32. The number of ether oxygens (including phenoxy) is 1. The first-order chi connectivity index (χ1) is 6.31. The van der Waals surface area contributed by atoms with Crippen molar-refractivity contribution in [3.63, 3.8) is 0 Å². The maximum absolute atomic E-state index is 9.82. The number of rotatable bonds is 1. The molecule has 1 fully saturated rings. The monoisotopic (exact) mass is 203 g/mol. The van der Waals surface area contributed by atoms with Crippen LogP contribution in [0.15, 0.2) is 0 Å². The van der Waals surface area contributed by atoms with Crippen molar-refractivity contribution in [1.82, 2.24) is 5.32 Å². The van der Waals surface area contributed by atoms with Crippen LogP contribution in [0.1, 0.15) is 27.7 Å². The average molecular weight is 203 g/mol. The molecule has 0 aromatic heterocycles. The molecule has 0 aliphatic carbocycles. The molecule has 1 aliphatic rings. The normalized spacial score (nSPS) is 39.9. The van der Waals surface area contributed by atoms with Gasteiger partial charge in [-0.25, -0.2) is 0 Å². The van der Waals surface area contributed by atoms with E-state index in [4.69, 9.17) is 4.74 Å². The van der Waals surface area contributed by atoms with Gasteiger partial charge in [-0.05, 0) is 20.8 Å². The Labute approximate surface area is 85.3 Å². The maximum Gasteiger partial charge on any atom is 0.135 e. The zero-order valence-corrected chi connectivity index (χ0v) is 9.32. The highest BCUT2D eigenvalue weighted by Crippen LogP contribution is 2.21. The molecule has 0 aromatic rings. The summed E-state index contributed by atoms with van der Waals surface area (Å²) in [7, 11) is 0. The molecule has 0 bridgehead atoms. The van der Waals surface area contributed by atoms with Gasteiger partial charge in [-0.3, -0.25) is 5.32 Å². The lowest BCUT2D eigenvalue weighted by atomic mass is 9.93. The van der Waals surface area contributed by atoms with E-state index in [1.165, 1.54) is 0 Å². The molecule has 4 nitrogen and oxygen atoms in total. The van der Waals surface area contributed by atoms with Crippen molar-refractivity contribution < 1.29 is 14.9 Å². The molecule has 1 aliphatic heterocycles. The summed E-state index contributed by atoms with van der Waals surface area (Å²) in [5.41, 5.74) is -0.104. The van der Waals surface area contributed by atoms with Crippen LogP contribution in [-0.4, -0.2) is 40.8 Å². The van der Waals surface area contributed by atoms with Gasteiger partial charge in [-0.1, -0.05) is 6.92 Å². The van der Waals surface area contributed by atoms with Gasteiger partial charge in [0.1, 0.15) is 6.23 Å². The molecule has 1 saturated heterocycles. The third kappa shape index (κ3) is 2.92. The lowest BCUT2D eigenvalue weighted by Gasteiger charge is -2.39. The third-order valence-corrected chi connectivity index (χ3v) is 2.48. The number of aliphatic hydroxyl groups is 2. The van der Waals surface area contributed by atoms with E-state index in [-0.39, 0.29) is 24.3 Å². The van der Waals surface area contributed by atoms with Crippen molar-refractivity contribution in [2.75, 3.05) is 6.61 Å². The van der Waals surface area contributed by atoms with Crippen LogP contribution >= 0.6 is 0 Å². The fraction of sp³-hybridized carbons (Fsp3) is 1.00. The fourth-order valence-electron chi connectivity index (χ4n) is 1.51. The van der Waals surface area contributed by atoms with Crippen molar-refractivity contribution in [3.05, 3.63) is 0 Å². The second-order valence-corrected chi connectivity index (χ2v) is 5.07. The number of hydrogen-bond donors (Lipinski definition) is 3. The molecule has 0 amide bonds. The van der Waals surface area contributed by atoms with E-state index < -0.39 is 12.2 Å². The van der Waals surface area contributed by atoms with Crippen molar-refractivity contribution >= 4 is 0 Å². The lowest BCUT2D eigenvalue weighted by Crippen LogP contribution is -2.58. The molecule has 0 aromatic carbocycles. The summed E-state index contributed by atoms with van der Waals surface area (Å²) in [4.78, 5) is 0. The molecule has 1 heterocycles. The number of aliphatic hydroxyl groups excluding tert-OH is 2. The molecule has 14 heavy (non-hydrogen) atoms. The molecule has 0 radical (unpaired) electrons. The van der Waals surface area contributed by atoms with Crippen molar-refractivity contribution in [1.29, 1.82) is 0 Å². The lowest BCUT2D eigenvalue weighted by molar-refractivity contribution is -0.170. The van der Waals surface area contributed by atoms with Crippen LogP contribution in [0.2, 0.25) is 0 Å². The van der Waals surface area contributed by atoms with Crippen LogP contribution < -0.4 is 5.32 Å². The number of nitrogens with one attached hydrogen (secondary N) is 1. The Bertz CT molecular complexity index is 190. The second-order valence-electron chi connectivity index (χ2n) is 5.07. The van der Waals surface area contributed by atoms with Gasteiger partial charge < -0.3 is 14.9 Å². The Morgan fingerprint density at radius 2 is 1.86 bits per heavy atom. The SMILES string of the molecule is C[C@@H]1[C@@H](O)[C@H](NC(C)(C)C)OC[C@H]1O. The molecule has 84 valence electrons. The van der Waals surface area contributed by atoms with E-state index in [0.717, 1.165) is 0 Å². The standard InChI is InChI=1S/C10H21NO3/c1-6-7(12)5-14-9(8(6)13)11-10(2,3)4/h6-9,11-13H,5H2,1-4H3/t6-,7+,8+,9+/m0/s1. The first-order valence-corrected chi connectivity index (χ1v) is 5.07. The first kappa shape index (κ1) is 11.9. The molecule has 0 saturated carbocycles. The minimum absolute atomic E-state index is 0.104. The van der Waals surface area contributed by atoms with E-state index in [2.05, 4.69) is 5.32 Å². The Balaban J connectivity index is 2.55. The van der Waals surface area contributed by atoms with Crippen molar-refractivity contribution in [2.45, 2.75) is 51.7 Å². The summed E-state index contributed by atoms with van der Waals surface area (Å²) >= 11 is 0. The molecular weight excluding hydrogens is 182 g/mol. The minimum atomic E-state index is -0.655. The second kappa shape index (κ2) is 4.14. The highest BCUT2D eigenvalue weighted by molar-refractivity contribution is 4.86. The Morgan fingerprint density at radius 3 is 2.36 bits per heavy atom. The summed E-state index contributed by atoms with van der Waals surface area (Å²) < 4.78 is 5.34. The summed E-state index contributed by atoms with van der Waals surface area (Å²) in [5.74, 6) is -0.149. The fourth-order valence-corrected chi connectivity index (χ4v) is 1.51. The van der Waals surface area contributed by atoms with Crippen LogP contribution in [-0.2, 0) is 4.74 Å². The van der Waals surface area contributed by atoms with E-state index in [1.54, 1.807) is 0 Å². The molecule has 1 rings (SSSR count). The summed E-state index contributed by atoms with van der Waals surface area (Å²) in [6.45, 7) is 8.15. The smallest absolute Gasteiger partial charge is 0.135 e. The Hall–Kier alpha value is -0.160. The van der Waals surface area contributed by atoms with E-state index in [0.29, 0.717) is 0 Å². The maximum atomic E-state index is 9.82. The van der Waals surface area contributed by atoms with Crippen molar-refractivity contribution in [3.8, 4) is 0 Å². The average Bonchev–Trinajstić information content (AvgIpc) is 2.04. The molecule has 3 N–H and O–H groups in total. The highest BCUT2D eigenvalue weighted by atomic mass is 16.5. The number of hydrogen-bond acceptors (Lipinski definition) is 4. The van der Waals surface area contributed by atoms with Gasteiger partial charge in [0, 0.05) is 11.5 Å².